The number of hydrogen-bond donors (Lipinski definition) is 1. The first kappa shape index (κ1) is 17.9. The molecule has 1 amide bonds. The van der Waals surface area contributed by atoms with Gasteiger partial charge < -0.3 is 5.32 Å². The number of benzene rings is 2. The lowest BCUT2D eigenvalue weighted by Crippen LogP contribution is -2.26. The lowest BCUT2D eigenvalue weighted by atomic mass is 10.1. The molecule has 1 heterocycles. The highest BCUT2D eigenvalue weighted by Gasteiger charge is 2.17. The van der Waals surface area contributed by atoms with Gasteiger partial charge in [0.2, 0.25) is 5.82 Å². The van der Waals surface area contributed by atoms with Gasteiger partial charge in [-0.1, -0.05) is 62.4 Å². The van der Waals surface area contributed by atoms with Crippen molar-refractivity contribution in [3.8, 4) is 5.69 Å². The Kier molecular flexibility index (Phi) is 5.79. The quantitative estimate of drug-likeness (QED) is 0.709. The summed E-state index contributed by atoms with van der Waals surface area (Å²) in [6.45, 7) is 4.89. The fourth-order valence-electron chi connectivity index (χ4n) is 2.66. The van der Waals surface area contributed by atoms with Gasteiger partial charge in [0.05, 0.1) is 5.69 Å². The van der Waals surface area contributed by atoms with Crippen LogP contribution in [0.3, 0.4) is 0 Å². The maximum Gasteiger partial charge on any atom is 0.290 e. The molecule has 0 spiro atoms. The van der Waals surface area contributed by atoms with Crippen molar-refractivity contribution in [1.29, 1.82) is 0 Å². The molecule has 0 unspecified atom stereocenters. The molecule has 2 aromatic carbocycles. The summed E-state index contributed by atoms with van der Waals surface area (Å²) >= 11 is 0. The summed E-state index contributed by atoms with van der Waals surface area (Å²) in [6.07, 6.45) is 1.55. The first-order valence-corrected chi connectivity index (χ1v) is 8.97. The molecule has 0 aliphatic carbocycles. The largest absolute Gasteiger partial charge is 0.349 e. The summed E-state index contributed by atoms with van der Waals surface area (Å²) in [6, 6.07) is 19.9. The highest BCUT2D eigenvalue weighted by molar-refractivity contribution is 5.90. The molecular weight excluding hydrogens is 324 g/mol. The molecule has 3 rings (SSSR count). The van der Waals surface area contributed by atoms with Crippen molar-refractivity contribution >= 4 is 5.91 Å². The van der Waals surface area contributed by atoms with Gasteiger partial charge in [0.1, 0.15) is 5.82 Å². The standard InChI is InChI=1S/C21H24N4O/c1-16(2)13-14-22-21(26)20-23-19(15-17-9-5-3-6-10-17)25(24-20)18-11-7-4-8-12-18/h3-12,16H,13-15H2,1-2H3,(H,22,26). The van der Waals surface area contributed by atoms with E-state index < -0.39 is 0 Å². The Morgan fingerprint density at radius 1 is 1.04 bits per heavy atom. The average Bonchev–Trinajstić information content (AvgIpc) is 3.07. The Morgan fingerprint density at radius 2 is 1.69 bits per heavy atom. The van der Waals surface area contributed by atoms with E-state index in [0.29, 0.717) is 18.9 Å². The van der Waals surface area contributed by atoms with E-state index in [4.69, 9.17) is 0 Å². The van der Waals surface area contributed by atoms with Gasteiger partial charge in [0, 0.05) is 13.0 Å². The molecule has 5 nitrogen and oxygen atoms in total. The fraction of sp³-hybridized carbons (Fsp3) is 0.286. The van der Waals surface area contributed by atoms with Crippen LogP contribution >= 0.6 is 0 Å². The number of rotatable bonds is 7. The lowest BCUT2D eigenvalue weighted by Gasteiger charge is -2.05. The molecule has 0 radical (unpaired) electrons. The predicted molar refractivity (Wildman–Crippen MR) is 102 cm³/mol. The van der Waals surface area contributed by atoms with Crippen LogP contribution in [0.5, 0.6) is 0 Å². The summed E-state index contributed by atoms with van der Waals surface area (Å²) in [7, 11) is 0. The number of nitrogens with one attached hydrogen (secondary N) is 1. The summed E-state index contributed by atoms with van der Waals surface area (Å²) in [5.41, 5.74) is 2.02. The Labute approximate surface area is 154 Å². The van der Waals surface area contributed by atoms with Crippen LogP contribution in [0.25, 0.3) is 5.69 Å². The third-order valence-corrected chi connectivity index (χ3v) is 4.09. The van der Waals surface area contributed by atoms with Crippen LogP contribution in [0.1, 0.15) is 42.3 Å². The van der Waals surface area contributed by atoms with E-state index in [1.165, 1.54) is 0 Å². The molecule has 1 aromatic heterocycles. The van der Waals surface area contributed by atoms with Crippen LogP contribution in [0.4, 0.5) is 0 Å². The van der Waals surface area contributed by atoms with Crippen molar-refractivity contribution in [1.82, 2.24) is 20.1 Å². The van der Waals surface area contributed by atoms with Gasteiger partial charge in [-0.3, -0.25) is 4.79 Å². The maximum atomic E-state index is 12.4. The van der Waals surface area contributed by atoms with Crippen molar-refractivity contribution in [3.63, 3.8) is 0 Å². The number of amides is 1. The molecule has 5 heteroatoms. The van der Waals surface area contributed by atoms with Gasteiger partial charge >= 0.3 is 0 Å². The lowest BCUT2D eigenvalue weighted by molar-refractivity contribution is 0.0941. The second-order valence-corrected chi connectivity index (χ2v) is 6.70. The second-order valence-electron chi connectivity index (χ2n) is 6.70. The van der Waals surface area contributed by atoms with E-state index in [-0.39, 0.29) is 11.7 Å². The highest BCUT2D eigenvalue weighted by atomic mass is 16.2. The first-order valence-electron chi connectivity index (χ1n) is 8.97. The van der Waals surface area contributed by atoms with Crippen LogP contribution in [0, 0.1) is 5.92 Å². The zero-order chi connectivity index (χ0) is 18.4. The molecule has 0 aliphatic heterocycles. The van der Waals surface area contributed by atoms with Crippen LogP contribution in [-0.2, 0) is 6.42 Å². The van der Waals surface area contributed by atoms with Gasteiger partial charge in [-0.2, -0.15) is 0 Å². The van der Waals surface area contributed by atoms with Crippen molar-refractivity contribution < 1.29 is 4.79 Å². The normalized spacial score (nSPS) is 10.9. The molecule has 26 heavy (non-hydrogen) atoms. The van der Waals surface area contributed by atoms with Gasteiger partial charge in [-0.05, 0) is 30.0 Å². The molecule has 0 aliphatic rings. The van der Waals surface area contributed by atoms with E-state index >= 15 is 0 Å². The summed E-state index contributed by atoms with van der Waals surface area (Å²) in [5, 5.41) is 7.38. The predicted octanol–water partition coefficient (Wildman–Crippen LogP) is 3.63. The second kappa shape index (κ2) is 8.43. The number of hydrogen-bond acceptors (Lipinski definition) is 3. The first-order chi connectivity index (χ1) is 12.6. The monoisotopic (exact) mass is 348 g/mol. The van der Waals surface area contributed by atoms with Crippen LogP contribution in [0.2, 0.25) is 0 Å². The molecule has 0 bridgehead atoms. The molecular formula is C21H24N4O. The number of carbonyl (C=O) groups excluding carboxylic acids is 1. The molecule has 0 fully saturated rings. The van der Waals surface area contributed by atoms with Crippen LogP contribution < -0.4 is 5.32 Å². The highest BCUT2D eigenvalue weighted by Crippen LogP contribution is 2.14. The number of nitrogens with zero attached hydrogens (tertiary/aromatic N) is 3. The van der Waals surface area contributed by atoms with Gasteiger partial charge in [-0.15, -0.1) is 5.10 Å². The summed E-state index contributed by atoms with van der Waals surface area (Å²) in [5.74, 6) is 1.27. The van der Waals surface area contributed by atoms with E-state index in [1.54, 1.807) is 4.68 Å². The third-order valence-electron chi connectivity index (χ3n) is 4.09. The number of para-hydroxylation sites is 1. The van der Waals surface area contributed by atoms with E-state index in [2.05, 4.69) is 29.2 Å². The summed E-state index contributed by atoms with van der Waals surface area (Å²) < 4.78 is 1.75. The average molecular weight is 348 g/mol. The SMILES string of the molecule is CC(C)CCNC(=O)c1nc(Cc2ccccc2)n(-c2ccccc2)n1. The number of aromatic nitrogens is 3. The molecule has 0 saturated carbocycles. The fourth-order valence-corrected chi connectivity index (χ4v) is 2.66. The van der Waals surface area contributed by atoms with E-state index in [1.807, 2.05) is 60.7 Å². The summed E-state index contributed by atoms with van der Waals surface area (Å²) in [4.78, 5) is 16.9. The van der Waals surface area contributed by atoms with E-state index in [9.17, 15) is 4.79 Å². The smallest absolute Gasteiger partial charge is 0.290 e. The zero-order valence-corrected chi connectivity index (χ0v) is 15.2. The number of carbonyl (C=O) groups is 1. The Bertz CT molecular complexity index is 841. The molecule has 0 atom stereocenters. The molecule has 134 valence electrons. The van der Waals surface area contributed by atoms with Crippen molar-refractivity contribution in [2.45, 2.75) is 26.7 Å². The topological polar surface area (TPSA) is 59.8 Å². The Balaban J connectivity index is 1.86. The van der Waals surface area contributed by atoms with E-state index in [0.717, 1.165) is 23.5 Å². The molecule has 1 N–H and O–H groups in total. The van der Waals surface area contributed by atoms with Crippen LogP contribution in [-0.4, -0.2) is 27.2 Å². The van der Waals surface area contributed by atoms with Crippen molar-refractivity contribution in [3.05, 3.63) is 77.9 Å². The Morgan fingerprint density at radius 3 is 2.35 bits per heavy atom. The minimum atomic E-state index is -0.227. The van der Waals surface area contributed by atoms with Crippen molar-refractivity contribution in [2.75, 3.05) is 6.54 Å². The zero-order valence-electron chi connectivity index (χ0n) is 15.2. The van der Waals surface area contributed by atoms with Gasteiger partial charge in [-0.25, -0.2) is 9.67 Å². The van der Waals surface area contributed by atoms with Gasteiger partial charge in [0.15, 0.2) is 0 Å². The third kappa shape index (κ3) is 4.57. The van der Waals surface area contributed by atoms with Crippen molar-refractivity contribution in [2.24, 2.45) is 5.92 Å². The molecule has 3 aromatic rings. The Hall–Kier alpha value is -2.95. The van der Waals surface area contributed by atoms with Crippen LogP contribution in [0.15, 0.2) is 60.7 Å². The minimum absolute atomic E-state index is 0.212. The van der Waals surface area contributed by atoms with Gasteiger partial charge in [0.25, 0.3) is 5.91 Å². The molecule has 0 saturated heterocycles. The maximum absolute atomic E-state index is 12.4. The minimum Gasteiger partial charge on any atom is -0.349 e.